The van der Waals surface area contributed by atoms with Crippen LogP contribution in [0.1, 0.15) is 23.2 Å². The van der Waals surface area contributed by atoms with Gasteiger partial charge in [-0.15, -0.1) is 0 Å². The number of hydrogen-bond donors (Lipinski definition) is 1. The zero-order valence-corrected chi connectivity index (χ0v) is 19.5. The number of nitrogens with one attached hydrogen (secondary N) is 1. The molecule has 1 aliphatic rings. The van der Waals surface area contributed by atoms with E-state index >= 15 is 0 Å². The summed E-state index contributed by atoms with van der Waals surface area (Å²) in [6, 6.07) is 21.5. The lowest BCUT2D eigenvalue weighted by Crippen LogP contribution is -2.41. The standard InChI is InChI=1S/C27H25FN4O4/c28-21-8-6-19(7-9-21)26(34)32-16-14-20(15-17-32)27(35)36-18-25(33)29-22-10-12-24(13-11-22)31-30-23-4-2-1-3-5-23/h1-13,20H,14-18H2,(H,29,33). The van der Waals surface area contributed by atoms with Gasteiger partial charge in [0.25, 0.3) is 11.8 Å². The van der Waals surface area contributed by atoms with Crippen molar-refractivity contribution in [2.75, 3.05) is 25.0 Å². The molecule has 0 saturated carbocycles. The van der Waals surface area contributed by atoms with E-state index in [1.807, 2.05) is 30.3 Å². The third-order valence-corrected chi connectivity index (χ3v) is 5.74. The Morgan fingerprint density at radius 2 is 1.47 bits per heavy atom. The highest BCUT2D eigenvalue weighted by Gasteiger charge is 2.29. The molecule has 0 aromatic heterocycles. The number of nitrogens with zero attached hydrogens (tertiary/aromatic N) is 3. The molecule has 1 fully saturated rings. The minimum atomic E-state index is -0.462. The highest BCUT2D eigenvalue weighted by atomic mass is 19.1. The van der Waals surface area contributed by atoms with Gasteiger partial charge in [-0.2, -0.15) is 10.2 Å². The third-order valence-electron chi connectivity index (χ3n) is 5.74. The summed E-state index contributed by atoms with van der Waals surface area (Å²) in [5.74, 6) is -1.90. The summed E-state index contributed by atoms with van der Waals surface area (Å²) in [7, 11) is 0. The molecular weight excluding hydrogens is 463 g/mol. The quantitative estimate of drug-likeness (QED) is 0.361. The van der Waals surface area contributed by atoms with E-state index in [4.69, 9.17) is 4.74 Å². The van der Waals surface area contributed by atoms with Gasteiger partial charge in [0, 0.05) is 24.3 Å². The first-order chi connectivity index (χ1) is 17.5. The molecule has 0 unspecified atom stereocenters. The maximum absolute atomic E-state index is 13.1. The molecule has 0 atom stereocenters. The van der Waals surface area contributed by atoms with E-state index in [0.717, 1.165) is 5.69 Å². The highest BCUT2D eigenvalue weighted by Crippen LogP contribution is 2.22. The van der Waals surface area contributed by atoms with Crippen molar-refractivity contribution in [2.45, 2.75) is 12.8 Å². The van der Waals surface area contributed by atoms with Crippen molar-refractivity contribution in [3.63, 3.8) is 0 Å². The second kappa shape index (κ2) is 11.8. The Labute approximate surface area is 207 Å². The van der Waals surface area contributed by atoms with Crippen molar-refractivity contribution in [3.05, 3.63) is 90.2 Å². The number of azo groups is 1. The normalized spacial score (nSPS) is 14.0. The molecule has 3 aromatic carbocycles. The molecule has 8 nitrogen and oxygen atoms in total. The summed E-state index contributed by atoms with van der Waals surface area (Å²) in [6.07, 6.45) is 0.874. The van der Waals surface area contributed by atoms with E-state index in [1.165, 1.54) is 24.3 Å². The minimum absolute atomic E-state index is 0.200. The SMILES string of the molecule is O=C(COC(=O)C1CCN(C(=O)c2ccc(F)cc2)CC1)Nc1ccc(N=Nc2ccccc2)cc1. The molecule has 0 spiro atoms. The average Bonchev–Trinajstić information content (AvgIpc) is 2.92. The van der Waals surface area contributed by atoms with Gasteiger partial charge in [-0.05, 0) is 73.5 Å². The number of anilines is 1. The van der Waals surface area contributed by atoms with Gasteiger partial charge in [-0.3, -0.25) is 14.4 Å². The lowest BCUT2D eigenvalue weighted by molar-refractivity contribution is -0.152. The zero-order valence-electron chi connectivity index (χ0n) is 19.5. The Bertz CT molecular complexity index is 1220. The zero-order chi connectivity index (χ0) is 25.3. The smallest absolute Gasteiger partial charge is 0.309 e. The van der Waals surface area contributed by atoms with Crippen molar-refractivity contribution < 1.29 is 23.5 Å². The summed E-state index contributed by atoms with van der Waals surface area (Å²) >= 11 is 0. The summed E-state index contributed by atoms with van der Waals surface area (Å²) in [4.78, 5) is 38.8. The maximum Gasteiger partial charge on any atom is 0.309 e. The van der Waals surface area contributed by atoms with Gasteiger partial charge >= 0.3 is 5.97 Å². The van der Waals surface area contributed by atoms with E-state index in [1.54, 1.807) is 29.2 Å². The van der Waals surface area contributed by atoms with Crippen LogP contribution in [-0.4, -0.2) is 42.4 Å². The van der Waals surface area contributed by atoms with Crippen LogP contribution in [0.15, 0.2) is 89.1 Å². The van der Waals surface area contributed by atoms with E-state index in [2.05, 4.69) is 15.5 Å². The van der Waals surface area contributed by atoms with Gasteiger partial charge in [0.05, 0.1) is 17.3 Å². The summed E-state index contributed by atoms with van der Waals surface area (Å²) in [5, 5.41) is 11.0. The van der Waals surface area contributed by atoms with E-state index in [-0.39, 0.29) is 11.8 Å². The lowest BCUT2D eigenvalue weighted by atomic mass is 9.96. The number of carbonyl (C=O) groups excluding carboxylic acids is 3. The second-order valence-corrected chi connectivity index (χ2v) is 8.31. The number of ether oxygens (including phenoxy) is 1. The minimum Gasteiger partial charge on any atom is -0.455 e. The van der Waals surface area contributed by atoms with Crippen LogP contribution in [0.25, 0.3) is 0 Å². The van der Waals surface area contributed by atoms with Crippen LogP contribution in [0.5, 0.6) is 0 Å². The summed E-state index contributed by atoms with van der Waals surface area (Å²) < 4.78 is 18.3. The van der Waals surface area contributed by atoms with Crippen LogP contribution in [0.3, 0.4) is 0 Å². The molecule has 4 rings (SSSR count). The molecule has 0 aliphatic carbocycles. The fourth-order valence-corrected chi connectivity index (χ4v) is 3.77. The molecule has 9 heteroatoms. The van der Waals surface area contributed by atoms with Gasteiger partial charge in [0.2, 0.25) is 0 Å². The van der Waals surface area contributed by atoms with E-state index < -0.39 is 24.3 Å². The van der Waals surface area contributed by atoms with Crippen molar-refractivity contribution in [3.8, 4) is 0 Å². The average molecular weight is 489 g/mol. The highest BCUT2D eigenvalue weighted by molar-refractivity contribution is 5.94. The molecule has 1 saturated heterocycles. The van der Waals surface area contributed by atoms with Gasteiger partial charge in [-0.1, -0.05) is 18.2 Å². The monoisotopic (exact) mass is 488 g/mol. The fourth-order valence-electron chi connectivity index (χ4n) is 3.77. The Morgan fingerprint density at radius 3 is 2.11 bits per heavy atom. The van der Waals surface area contributed by atoms with E-state index in [9.17, 15) is 18.8 Å². The van der Waals surface area contributed by atoms with Crippen LogP contribution in [-0.2, 0) is 14.3 Å². The lowest BCUT2D eigenvalue weighted by Gasteiger charge is -2.31. The number of carbonyl (C=O) groups is 3. The molecule has 2 amide bonds. The molecule has 184 valence electrons. The van der Waals surface area contributed by atoms with Gasteiger partial charge in [-0.25, -0.2) is 4.39 Å². The number of halogens is 1. The molecule has 0 radical (unpaired) electrons. The third kappa shape index (κ3) is 6.82. The fraction of sp³-hybridized carbons (Fsp3) is 0.222. The largest absolute Gasteiger partial charge is 0.455 e. The molecular formula is C27H25FN4O4. The van der Waals surface area contributed by atoms with E-state index in [0.29, 0.717) is 42.9 Å². The maximum atomic E-state index is 13.1. The molecule has 1 N–H and O–H groups in total. The Balaban J connectivity index is 1.19. The predicted molar refractivity (Wildman–Crippen MR) is 132 cm³/mol. The molecule has 1 aliphatic heterocycles. The van der Waals surface area contributed by atoms with Gasteiger partial charge < -0.3 is 15.0 Å². The van der Waals surface area contributed by atoms with Crippen molar-refractivity contribution in [2.24, 2.45) is 16.1 Å². The van der Waals surface area contributed by atoms with Crippen molar-refractivity contribution >= 4 is 34.8 Å². The summed E-state index contributed by atoms with van der Waals surface area (Å²) in [6.45, 7) is 0.370. The Kier molecular flexibility index (Phi) is 8.12. The van der Waals surface area contributed by atoms with Crippen molar-refractivity contribution in [1.82, 2.24) is 4.90 Å². The number of hydrogen-bond acceptors (Lipinski definition) is 6. The topological polar surface area (TPSA) is 100 Å². The first kappa shape index (κ1) is 24.7. The number of amides is 2. The number of rotatable bonds is 7. The van der Waals surface area contributed by atoms with Crippen LogP contribution in [0.4, 0.5) is 21.5 Å². The molecule has 0 bridgehead atoms. The van der Waals surface area contributed by atoms with Crippen LogP contribution in [0, 0.1) is 11.7 Å². The number of esters is 1. The predicted octanol–water partition coefficient (Wildman–Crippen LogP) is 5.28. The first-order valence-electron chi connectivity index (χ1n) is 11.6. The number of piperidine rings is 1. The first-order valence-corrected chi connectivity index (χ1v) is 11.6. The second-order valence-electron chi connectivity index (χ2n) is 8.31. The number of benzene rings is 3. The van der Waals surface area contributed by atoms with Crippen LogP contribution in [0.2, 0.25) is 0 Å². The van der Waals surface area contributed by atoms with Crippen molar-refractivity contribution in [1.29, 1.82) is 0 Å². The van der Waals surface area contributed by atoms with Gasteiger partial charge in [0.15, 0.2) is 6.61 Å². The van der Waals surface area contributed by atoms with Crippen LogP contribution >= 0.6 is 0 Å². The number of likely N-dealkylation sites (tertiary alicyclic amines) is 1. The Hall–Kier alpha value is -4.40. The Morgan fingerprint density at radius 1 is 0.861 bits per heavy atom. The summed E-state index contributed by atoms with van der Waals surface area (Å²) in [5.41, 5.74) is 2.32. The molecule has 1 heterocycles. The van der Waals surface area contributed by atoms with Gasteiger partial charge in [0.1, 0.15) is 5.82 Å². The molecule has 3 aromatic rings. The molecule has 36 heavy (non-hydrogen) atoms. The van der Waals surface area contributed by atoms with Crippen LogP contribution < -0.4 is 5.32 Å².